The zero-order valence-electron chi connectivity index (χ0n) is 19.6. The van der Waals surface area contributed by atoms with Crippen LogP contribution >= 0.6 is 0 Å². The molecular formula is C29H37FNSi. The lowest BCUT2D eigenvalue weighted by Gasteiger charge is -2.31. The summed E-state index contributed by atoms with van der Waals surface area (Å²) >= 11 is 0. The molecule has 1 radical (unpaired) electrons. The molecule has 2 aliphatic rings. The summed E-state index contributed by atoms with van der Waals surface area (Å²) in [5, 5.41) is 8.92. The third-order valence-electron chi connectivity index (χ3n) is 8.05. The van der Waals surface area contributed by atoms with Gasteiger partial charge in [0.15, 0.2) is 0 Å². The molecule has 169 valence electrons. The van der Waals surface area contributed by atoms with E-state index >= 15 is 0 Å². The van der Waals surface area contributed by atoms with Crippen molar-refractivity contribution in [1.29, 1.82) is 5.26 Å². The van der Waals surface area contributed by atoms with E-state index in [-0.39, 0.29) is 14.4 Å². The summed E-state index contributed by atoms with van der Waals surface area (Å²) in [7, 11) is 0.0313. The van der Waals surface area contributed by atoms with Crippen LogP contribution < -0.4 is 0 Å². The summed E-state index contributed by atoms with van der Waals surface area (Å²) in [6.07, 6.45) is 12.8. The molecule has 1 saturated heterocycles. The van der Waals surface area contributed by atoms with Crippen molar-refractivity contribution >= 4 is 8.80 Å². The Labute approximate surface area is 195 Å². The lowest BCUT2D eigenvalue weighted by molar-refractivity contribution is 0.280. The topological polar surface area (TPSA) is 23.8 Å². The molecule has 1 aliphatic heterocycles. The molecule has 2 aromatic rings. The van der Waals surface area contributed by atoms with E-state index in [1.165, 1.54) is 69.4 Å². The fraction of sp³-hybridized carbons (Fsp3) is 0.552. The van der Waals surface area contributed by atoms with Crippen molar-refractivity contribution in [3.8, 4) is 17.2 Å². The fourth-order valence-corrected chi connectivity index (χ4v) is 9.06. The van der Waals surface area contributed by atoms with Crippen molar-refractivity contribution in [3.05, 3.63) is 59.4 Å². The first-order valence-electron chi connectivity index (χ1n) is 12.8. The summed E-state index contributed by atoms with van der Waals surface area (Å²) in [5.41, 5.74) is 3.39. The van der Waals surface area contributed by atoms with Gasteiger partial charge in [0.1, 0.15) is 11.9 Å². The first-order chi connectivity index (χ1) is 15.7. The first kappa shape index (κ1) is 23.2. The highest BCUT2D eigenvalue weighted by Gasteiger charge is 2.25. The third kappa shape index (κ3) is 5.90. The minimum absolute atomic E-state index is 0.0313. The van der Waals surface area contributed by atoms with Gasteiger partial charge in [0, 0.05) is 8.80 Å². The highest BCUT2D eigenvalue weighted by atomic mass is 28.3. The molecule has 1 saturated carbocycles. The average molecular weight is 447 g/mol. The molecule has 0 spiro atoms. The molecule has 3 heteroatoms. The molecule has 32 heavy (non-hydrogen) atoms. The molecular weight excluding hydrogens is 409 g/mol. The Morgan fingerprint density at radius 2 is 1.50 bits per heavy atom. The second-order valence-corrected chi connectivity index (χ2v) is 13.2. The van der Waals surface area contributed by atoms with Gasteiger partial charge < -0.3 is 0 Å². The SMILES string of the molecule is CCC[Si]1CCC(CCC2CCC(c3ccc(-c4ccc(C#N)c(F)c4)cc3)CC2)CC1. The summed E-state index contributed by atoms with van der Waals surface area (Å²) in [6, 6.07) is 20.2. The van der Waals surface area contributed by atoms with Gasteiger partial charge in [0.05, 0.1) is 5.56 Å². The standard InChI is InChI=1S/C29H37FNSi/c1-2-17-32-18-15-23(16-19-32)4-3-22-5-7-24(8-6-22)25-9-11-26(12-10-25)27-13-14-28(21-31)29(30)20-27/h9-14,20,22-24H,2-8,15-19H2,1H3. The Morgan fingerprint density at radius 3 is 2.09 bits per heavy atom. The summed E-state index contributed by atoms with van der Waals surface area (Å²) in [4.78, 5) is 0. The van der Waals surface area contributed by atoms with Crippen molar-refractivity contribution in [2.45, 2.75) is 88.8 Å². The molecule has 2 aromatic carbocycles. The van der Waals surface area contributed by atoms with Crippen LogP contribution in [0.15, 0.2) is 42.5 Å². The lowest BCUT2D eigenvalue weighted by atomic mass is 9.76. The zero-order chi connectivity index (χ0) is 22.3. The molecule has 4 rings (SSSR count). The maximum atomic E-state index is 14.0. The predicted molar refractivity (Wildman–Crippen MR) is 134 cm³/mol. The Hall–Kier alpha value is -1.92. The maximum Gasteiger partial charge on any atom is 0.141 e. The normalized spacial score (nSPS) is 22.5. The van der Waals surface area contributed by atoms with Gasteiger partial charge in [-0.3, -0.25) is 0 Å². The van der Waals surface area contributed by atoms with E-state index in [2.05, 4.69) is 31.2 Å². The fourth-order valence-electron chi connectivity index (χ4n) is 5.97. The van der Waals surface area contributed by atoms with Crippen LogP contribution in [0.1, 0.15) is 81.8 Å². The summed E-state index contributed by atoms with van der Waals surface area (Å²) in [5.74, 6) is 2.20. The highest BCUT2D eigenvalue weighted by Crippen LogP contribution is 2.40. The molecule has 2 fully saturated rings. The Bertz CT molecular complexity index is 900. The number of nitrogens with zero attached hydrogens (tertiary/aromatic N) is 1. The third-order valence-corrected chi connectivity index (χ3v) is 11.2. The molecule has 1 aliphatic carbocycles. The van der Waals surface area contributed by atoms with Gasteiger partial charge in [-0.15, -0.1) is 0 Å². The van der Waals surface area contributed by atoms with Crippen LogP contribution in [0.5, 0.6) is 0 Å². The van der Waals surface area contributed by atoms with Gasteiger partial charge in [-0.1, -0.05) is 87.5 Å². The Balaban J connectivity index is 1.23. The molecule has 0 atom stereocenters. The molecule has 1 heterocycles. The van der Waals surface area contributed by atoms with Crippen LogP contribution in [-0.4, -0.2) is 8.80 Å². The number of halogens is 1. The Morgan fingerprint density at radius 1 is 0.875 bits per heavy atom. The molecule has 0 unspecified atom stereocenters. The highest BCUT2D eigenvalue weighted by molar-refractivity contribution is 6.58. The smallest absolute Gasteiger partial charge is 0.141 e. The van der Waals surface area contributed by atoms with Crippen LogP contribution in [0.2, 0.25) is 18.1 Å². The van der Waals surface area contributed by atoms with Gasteiger partial charge >= 0.3 is 0 Å². The van der Waals surface area contributed by atoms with Gasteiger partial charge in [0.2, 0.25) is 0 Å². The lowest BCUT2D eigenvalue weighted by Crippen LogP contribution is -2.22. The average Bonchev–Trinajstić information content (AvgIpc) is 2.84. The van der Waals surface area contributed by atoms with Crippen molar-refractivity contribution in [2.75, 3.05) is 0 Å². The minimum atomic E-state index is -0.442. The first-order valence-corrected chi connectivity index (χ1v) is 14.9. The van der Waals surface area contributed by atoms with Crippen LogP contribution in [-0.2, 0) is 0 Å². The van der Waals surface area contributed by atoms with Crippen LogP contribution in [0.25, 0.3) is 11.1 Å². The van der Waals surface area contributed by atoms with Crippen molar-refractivity contribution in [1.82, 2.24) is 0 Å². The molecule has 0 amide bonds. The van der Waals surface area contributed by atoms with Crippen LogP contribution in [0.4, 0.5) is 4.39 Å². The largest absolute Gasteiger partial charge is 0.206 e. The van der Waals surface area contributed by atoms with E-state index in [0.717, 1.165) is 23.0 Å². The van der Waals surface area contributed by atoms with E-state index in [1.807, 2.05) is 12.1 Å². The Kier molecular flexibility index (Phi) is 8.19. The molecule has 0 bridgehead atoms. The van der Waals surface area contributed by atoms with E-state index in [4.69, 9.17) is 5.26 Å². The van der Waals surface area contributed by atoms with Crippen molar-refractivity contribution in [3.63, 3.8) is 0 Å². The molecule has 0 aromatic heterocycles. The van der Waals surface area contributed by atoms with Gasteiger partial charge in [-0.25, -0.2) is 4.39 Å². The summed E-state index contributed by atoms with van der Waals surface area (Å²) < 4.78 is 14.0. The second-order valence-electron chi connectivity index (χ2n) is 10.2. The number of nitriles is 1. The molecule has 1 nitrogen and oxygen atoms in total. The number of hydrogen-bond acceptors (Lipinski definition) is 1. The molecule has 0 N–H and O–H groups in total. The second kappa shape index (κ2) is 11.3. The van der Waals surface area contributed by atoms with Gasteiger partial charge in [-0.05, 0) is 72.3 Å². The number of rotatable bonds is 7. The van der Waals surface area contributed by atoms with Gasteiger partial charge in [-0.2, -0.15) is 5.26 Å². The summed E-state index contributed by atoms with van der Waals surface area (Å²) in [6.45, 7) is 2.35. The monoisotopic (exact) mass is 446 g/mol. The minimum Gasteiger partial charge on any atom is -0.206 e. The van der Waals surface area contributed by atoms with E-state index in [1.54, 1.807) is 24.2 Å². The van der Waals surface area contributed by atoms with E-state index < -0.39 is 5.82 Å². The maximum absolute atomic E-state index is 14.0. The van der Waals surface area contributed by atoms with Crippen molar-refractivity contribution in [2.24, 2.45) is 11.8 Å². The van der Waals surface area contributed by atoms with Crippen LogP contribution in [0, 0.1) is 29.0 Å². The quantitative estimate of drug-likeness (QED) is 0.390. The predicted octanol–water partition coefficient (Wildman–Crippen LogP) is 8.73. The van der Waals surface area contributed by atoms with E-state index in [9.17, 15) is 4.39 Å². The zero-order valence-corrected chi connectivity index (χ0v) is 20.6. The van der Waals surface area contributed by atoms with Gasteiger partial charge in [0.25, 0.3) is 0 Å². The number of hydrogen-bond donors (Lipinski definition) is 0. The van der Waals surface area contributed by atoms with Crippen LogP contribution in [0.3, 0.4) is 0 Å². The van der Waals surface area contributed by atoms with Crippen molar-refractivity contribution < 1.29 is 4.39 Å². The van der Waals surface area contributed by atoms with E-state index in [0.29, 0.717) is 5.92 Å². The number of benzene rings is 2.